The maximum Gasteiger partial charge on any atom is 0.416 e. The third kappa shape index (κ3) is 7.13. The van der Waals surface area contributed by atoms with E-state index in [-0.39, 0.29) is 23.2 Å². The van der Waals surface area contributed by atoms with Crippen LogP contribution in [0.4, 0.5) is 13.2 Å². The average molecular weight is 483 g/mol. The van der Waals surface area contributed by atoms with Crippen LogP contribution in [0.5, 0.6) is 5.75 Å². The van der Waals surface area contributed by atoms with Gasteiger partial charge >= 0.3 is 6.18 Å². The van der Waals surface area contributed by atoms with Crippen molar-refractivity contribution in [1.29, 1.82) is 0 Å². The van der Waals surface area contributed by atoms with Gasteiger partial charge in [-0.1, -0.05) is 96.5 Å². The smallest absolute Gasteiger partial charge is 0.416 e. The molecular formula is C31H37F3O. The van der Waals surface area contributed by atoms with Gasteiger partial charge in [0.15, 0.2) is 0 Å². The van der Waals surface area contributed by atoms with Gasteiger partial charge in [0.1, 0.15) is 12.4 Å². The first-order valence-electron chi connectivity index (χ1n) is 12.3. The van der Waals surface area contributed by atoms with E-state index in [9.17, 15) is 13.2 Å². The molecule has 3 rings (SSSR count). The molecule has 35 heavy (non-hydrogen) atoms. The lowest BCUT2D eigenvalue weighted by atomic mass is 9.76. The number of benzene rings is 3. The molecule has 0 radical (unpaired) electrons. The van der Waals surface area contributed by atoms with E-state index in [0.29, 0.717) is 0 Å². The van der Waals surface area contributed by atoms with Gasteiger partial charge in [0, 0.05) is 0 Å². The molecule has 0 heterocycles. The van der Waals surface area contributed by atoms with Gasteiger partial charge in [-0.15, -0.1) is 0 Å². The summed E-state index contributed by atoms with van der Waals surface area (Å²) in [5.74, 6) is 0.219. The number of aryl methyl sites for hydroxylation is 1. The number of hydrogen-bond donors (Lipinski definition) is 0. The molecule has 3 aromatic carbocycles. The predicted molar refractivity (Wildman–Crippen MR) is 138 cm³/mol. The van der Waals surface area contributed by atoms with Gasteiger partial charge in [0.05, 0.1) is 5.56 Å². The average Bonchev–Trinajstić information content (AvgIpc) is 2.77. The predicted octanol–water partition coefficient (Wildman–Crippen LogP) is 9.05. The van der Waals surface area contributed by atoms with Gasteiger partial charge in [0.25, 0.3) is 0 Å². The van der Waals surface area contributed by atoms with Crippen molar-refractivity contribution in [1.82, 2.24) is 0 Å². The molecular weight excluding hydrogens is 445 g/mol. The Hall–Kier alpha value is -2.75. The van der Waals surface area contributed by atoms with E-state index >= 15 is 0 Å². The number of hydrogen-bond acceptors (Lipinski definition) is 1. The van der Waals surface area contributed by atoms with Crippen molar-refractivity contribution < 1.29 is 17.9 Å². The second-order valence-corrected chi connectivity index (χ2v) is 11.1. The molecule has 0 saturated heterocycles. The maximum atomic E-state index is 13.1. The van der Waals surface area contributed by atoms with E-state index in [4.69, 9.17) is 4.74 Å². The fourth-order valence-corrected chi connectivity index (χ4v) is 4.50. The van der Waals surface area contributed by atoms with Crippen LogP contribution in [-0.2, 0) is 36.5 Å². The summed E-state index contributed by atoms with van der Waals surface area (Å²) in [6.07, 6.45) is -1.26. The van der Waals surface area contributed by atoms with Gasteiger partial charge in [-0.05, 0) is 69.7 Å². The number of halogens is 3. The summed E-state index contributed by atoms with van der Waals surface area (Å²) in [7, 11) is 0. The number of ether oxygens (including phenoxy) is 1. The summed E-state index contributed by atoms with van der Waals surface area (Å²) >= 11 is 0. The second-order valence-electron chi connectivity index (χ2n) is 11.1. The van der Waals surface area contributed by atoms with Gasteiger partial charge in [-0.2, -0.15) is 13.2 Å². The fraction of sp³-hybridized carbons (Fsp3) is 0.419. The zero-order valence-corrected chi connectivity index (χ0v) is 21.7. The van der Waals surface area contributed by atoms with Crippen LogP contribution in [0.25, 0.3) is 0 Å². The summed E-state index contributed by atoms with van der Waals surface area (Å²) in [6.45, 7) is 13.4. The van der Waals surface area contributed by atoms with Gasteiger partial charge in [0.2, 0.25) is 0 Å². The minimum atomic E-state index is -4.39. The highest BCUT2D eigenvalue weighted by Gasteiger charge is 2.30. The highest BCUT2D eigenvalue weighted by molar-refractivity contribution is 5.39. The molecule has 4 heteroatoms. The zero-order valence-electron chi connectivity index (χ0n) is 21.7. The van der Waals surface area contributed by atoms with Crippen molar-refractivity contribution in [3.05, 3.63) is 100 Å². The first-order chi connectivity index (χ1) is 16.3. The first-order valence-corrected chi connectivity index (χ1v) is 12.3. The van der Waals surface area contributed by atoms with E-state index in [1.165, 1.54) is 22.8 Å². The van der Waals surface area contributed by atoms with Gasteiger partial charge in [-0.25, -0.2) is 0 Å². The van der Waals surface area contributed by atoms with Gasteiger partial charge < -0.3 is 4.74 Å². The van der Waals surface area contributed by atoms with Crippen LogP contribution in [0.2, 0.25) is 0 Å². The Morgan fingerprint density at radius 3 is 2.00 bits per heavy atom. The van der Waals surface area contributed by atoms with Crippen LogP contribution in [0, 0.1) is 0 Å². The lowest BCUT2D eigenvalue weighted by Crippen LogP contribution is -2.22. The molecule has 0 bridgehead atoms. The second kappa shape index (κ2) is 10.5. The molecule has 0 amide bonds. The molecule has 0 saturated carbocycles. The van der Waals surface area contributed by atoms with Crippen LogP contribution < -0.4 is 4.74 Å². The summed E-state index contributed by atoms with van der Waals surface area (Å²) in [4.78, 5) is 0. The Morgan fingerprint density at radius 2 is 1.40 bits per heavy atom. The molecule has 0 spiro atoms. The van der Waals surface area contributed by atoms with Crippen LogP contribution in [0.15, 0.2) is 66.7 Å². The maximum absolute atomic E-state index is 13.1. The highest BCUT2D eigenvalue weighted by Crippen LogP contribution is 2.34. The Bertz CT molecular complexity index is 1120. The third-order valence-electron chi connectivity index (χ3n) is 6.46. The van der Waals surface area contributed by atoms with Crippen molar-refractivity contribution in [3.63, 3.8) is 0 Å². The Morgan fingerprint density at radius 1 is 0.743 bits per heavy atom. The minimum Gasteiger partial charge on any atom is -0.489 e. The van der Waals surface area contributed by atoms with E-state index in [1.807, 2.05) is 0 Å². The lowest BCUT2D eigenvalue weighted by molar-refractivity contribution is -0.137. The van der Waals surface area contributed by atoms with Crippen molar-refractivity contribution in [2.24, 2.45) is 0 Å². The number of rotatable bonds is 8. The molecule has 0 N–H and O–H groups in total. The standard InChI is InChI=1S/C31H37F3O/c1-7-9-22-13-16-25(17-14-22)30(5,6)20-23-12-15-24(28(18-23)29(2,3)4)21-35-27-11-8-10-26(19-27)31(32,33)34/h8,10-19H,7,9,20-21H2,1-6H3. The SMILES string of the molecule is CCCc1ccc(C(C)(C)Cc2ccc(COc3cccc(C(F)(F)F)c3)c(C(C)(C)C)c2)cc1. The van der Waals surface area contributed by atoms with Gasteiger partial charge in [-0.3, -0.25) is 0 Å². The van der Waals surface area contributed by atoms with Crippen LogP contribution in [0.3, 0.4) is 0 Å². The van der Waals surface area contributed by atoms with Crippen molar-refractivity contribution in [2.75, 3.05) is 0 Å². The molecule has 0 atom stereocenters. The molecule has 0 aliphatic heterocycles. The van der Waals surface area contributed by atoms with E-state index in [2.05, 4.69) is 84.0 Å². The molecule has 0 fully saturated rings. The lowest BCUT2D eigenvalue weighted by Gasteiger charge is -2.28. The molecule has 0 aliphatic carbocycles. The van der Waals surface area contributed by atoms with Crippen molar-refractivity contribution >= 4 is 0 Å². The normalized spacial score (nSPS) is 12.6. The third-order valence-corrected chi connectivity index (χ3v) is 6.46. The molecule has 0 aliphatic rings. The molecule has 0 aromatic heterocycles. The van der Waals surface area contributed by atoms with E-state index in [0.717, 1.165) is 42.5 Å². The monoisotopic (exact) mass is 482 g/mol. The Balaban J connectivity index is 1.81. The Kier molecular flexibility index (Phi) is 8.03. The Labute approximate surface area is 208 Å². The molecule has 3 aromatic rings. The summed E-state index contributed by atoms with van der Waals surface area (Å²) < 4.78 is 45.0. The molecule has 1 nitrogen and oxygen atoms in total. The quantitative estimate of drug-likeness (QED) is 0.311. The summed E-state index contributed by atoms with van der Waals surface area (Å²) in [5.41, 5.74) is 5.19. The fourth-order valence-electron chi connectivity index (χ4n) is 4.50. The van der Waals surface area contributed by atoms with Crippen LogP contribution in [0.1, 0.15) is 81.3 Å². The van der Waals surface area contributed by atoms with Crippen molar-refractivity contribution in [2.45, 2.75) is 84.4 Å². The largest absolute Gasteiger partial charge is 0.489 e. The van der Waals surface area contributed by atoms with E-state index in [1.54, 1.807) is 6.07 Å². The number of alkyl halides is 3. The highest BCUT2D eigenvalue weighted by atomic mass is 19.4. The van der Waals surface area contributed by atoms with Crippen LogP contribution in [-0.4, -0.2) is 0 Å². The molecule has 188 valence electrons. The zero-order chi connectivity index (χ0) is 25.9. The van der Waals surface area contributed by atoms with E-state index < -0.39 is 11.7 Å². The van der Waals surface area contributed by atoms with Crippen molar-refractivity contribution in [3.8, 4) is 5.75 Å². The summed E-state index contributed by atoms with van der Waals surface area (Å²) in [5, 5.41) is 0. The summed E-state index contributed by atoms with van der Waals surface area (Å²) in [6, 6.07) is 20.4. The first kappa shape index (κ1) is 26.8. The van der Waals surface area contributed by atoms with Crippen LogP contribution >= 0.6 is 0 Å². The molecule has 0 unspecified atom stereocenters. The topological polar surface area (TPSA) is 9.23 Å². The minimum absolute atomic E-state index is 0.0318.